The van der Waals surface area contributed by atoms with E-state index in [-0.39, 0.29) is 6.61 Å². The zero-order chi connectivity index (χ0) is 12.8. The molecule has 0 spiro atoms. The average molecular weight is 240 g/mol. The number of carbonyl (C=O) groups is 1. The molecule has 1 aromatic carbocycles. The number of hydrogen-bond donors (Lipinski definition) is 3. The lowest BCUT2D eigenvalue weighted by Crippen LogP contribution is -2.29. The van der Waals surface area contributed by atoms with Crippen LogP contribution in [0.4, 0.5) is 0 Å². The Bertz CT molecular complexity index is 377. The van der Waals surface area contributed by atoms with Crippen LogP contribution in [0.15, 0.2) is 24.3 Å². The molecular formula is C12H16O5. The molecule has 0 aliphatic rings. The molecule has 0 amide bonds. The molecule has 0 aliphatic carbocycles. The van der Waals surface area contributed by atoms with Crippen molar-refractivity contribution in [3.8, 4) is 0 Å². The maximum atomic E-state index is 11.1. The fraction of sp³-hybridized carbons (Fsp3) is 0.417. The second-order valence-corrected chi connectivity index (χ2v) is 3.59. The predicted molar refractivity (Wildman–Crippen MR) is 60.2 cm³/mol. The fourth-order valence-electron chi connectivity index (χ4n) is 1.59. The molecule has 2 unspecified atom stereocenters. The molecule has 0 bridgehead atoms. The van der Waals surface area contributed by atoms with Gasteiger partial charge in [-0.25, -0.2) is 4.79 Å². The third-order valence-electron chi connectivity index (χ3n) is 2.50. The summed E-state index contributed by atoms with van der Waals surface area (Å²) in [5, 5.41) is 28.3. The van der Waals surface area contributed by atoms with E-state index in [9.17, 15) is 15.0 Å². The first kappa shape index (κ1) is 13.6. The van der Waals surface area contributed by atoms with Crippen LogP contribution in [-0.2, 0) is 16.0 Å². The van der Waals surface area contributed by atoms with E-state index in [2.05, 4.69) is 4.74 Å². The van der Waals surface area contributed by atoms with Crippen molar-refractivity contribution in [2.45, 2.75) is 18.6 Å². The summed E-state index contributed by atoms with van der Waals surface area (Å²) in [6.45, 7) is -0.0714. The lowest BCUT2D eigenvalue weighted by molar-refractivity contribution is -0.156. The van der Waals surface area contributed by atoms with Crippen LogP contribution in [0.3, 0.4) is 0 Å². The molecule has 0 saturated carbocycles. The van der Waals surface area contributed by atoms with Gasteiger partial charge in [-0.15, -0.1) is 0 Å². The minimum absolute atomic E-state index is 0.0714. The molecule has 0 radical (unpaired) electrons. The van der Waals surface area contributed by atoms with Gasteiger partial charge >= 0.3 is 5.97 Å². The number of rotatable bonds is 5. The highest BCUT2D eigenvalue weighted by Gasteiger charge is 2.27. The van der Waals surface area contributed by atoms with Crippen molar-refractivity contribution < 1.29 is 24.9 Å². The average Bonchev–Trinajstić information content (AvgIpc) is 2.37. The maximum Gasteiger partial charge on any atom is 0.337 e. The summed E-state index contributed by atoms with van der Waals surface area (Å²) in [6, 6.07) is 6.76. The van der Waals surface area contributed by atoms with E-state index in [1.165, 1.54) is 0 Å². The third kappa shape index (κ3) is 3.26. The first-order valence-corrected chi connectivity index (χ1v) is 5.24. The molecule has 3 N–H and O–H groups in total. The number of ether oxygens (including phenoxy) is 1. The summed E-state index contributed by atoms with van der Waals surface area (Å²) in [5.74, 6) is -0.892. The molecule has 1 aromatic rings. The lowest BCUT2D eigenvalue weighted by atomic mass is 9.97. The van der Waals surface area contributed by atoms with E-state index >= 15 is 0 Å². The Hall–Kier alpha value is -1.43. The van der Waals surface area contributed by atoms with Gasteiger partial charge in [-0.05, 0) is 17.5 Å². The molecule has 94 valence electrons. The number of aliphatic hydroxyl groups excluding tert-OH is 3. The minimum atomic E-state index is -1.63. The van der Waals surface area contributed by atoms with Gasteiger partial charge in [0.15, 0.2) is 6.10 Å². The van der Waals surface area contributed by atoms with Crippen LogP contribution in [0.1, 0.15) is 17.2 Å². The van der Waals surface area contributed by atoms with Crippen LogP contribution in [0, 0.1) is 0 Å². The highest BCUT2D eigenvalue weighted by atomic mass is 16.5. The van der Waals surface area contributed by atoms with Crippen LogP contribution in [0.2, 0.25) is 0 Å². The first-order valence-electron chi connectivity index (χ1n) is 5.24. The fourth-order valence-corrected chi connectivity index (χ4v) is 1.59. The van der Waals surface area contributed by atoms with Crippen molar-refractivity contribution in [2.75, 3.05) is 13.7 Å². The Labute approximate surface area is 99.3 Å². The standard InChI is InChI=1S/C12H16O5/c1-17-12(16)11(15)10(14)9-5-3-2-4-8(9)6-7-13/h2-5,10-11,13-15H,6-7H2,1H3. The molecule has 0 saturated heterocycles. The molecule has 17 heavy (non-hydrogen) atoms. The predicted octanol–water partition coefficient (Wildman–Crippen LogP) is -0.211. The quantitative estimate of drug-likeness (QED) is 0.620. The molecule has 2 atom stereocenters. The zero-order valence-corrected chi connectivity index (χ0v) is 9.54. The largest absolute Gasteiger partial charge is 0.467 e. The highest BCUT2D eigenvalue weighted by Crippen LogP contribution is 2.22. The summed E-state index contributed by atoms with van der Waals surface area (Å²) in [5.41, 5.74) is 1.10. The summed E-state index contributed by atoms with van der Waals surface area (Å²) >= 11 is 0. The van der Waals surface area contributed by atoms with E-state index in [4.69, 9.17) is 5.11 Å². The van der Waals surface area contributed by atoms with Gasteiger partial charge in [0.05, 0.1) is 7.11 Å². The number of hydrogen-bond acceptors (Lipinski definition) is 5. The van der Waals surface area contributed by atoms with E-state index in [1.807, 2.05) is 0 Å². The van der Waals surface area contributed by atoms with Crippen LogP contribution in [0.5, 0.6) is 0 Å². The van der Waals surface area contributed by atoms with Crippen molar-refractivity contribution >= 4 is 5.97 Å². The Morgan fingerprint density at radius 1 is 1.35 bits per heavy atom. The van der Waals surface area contributed by atoms with Gasteiger partial charge in [-0.1, -0.05) is 24.3 Å². The van der Waals surface area contributed by atoms with Crippen LogP contribution >= 0.6 is 0 Å². The molecular weight excluding hydrogens is 224 g/mol. The Kier molecular flexibility index (Phi) is 5.09. The van der Waals surface area contributed by atoms with Crippen LogP contribution in [0.25, 0.3) is 0 Å². The highest BCUT2D eigenvalue weighted by molar-refractivity contribution is 5.75. The van der Waals surface area contributed by atoms with Crippen molar-refractivity contribution in [1.29, 1.82) is 0 Å². The van der Waals surface area contributed by atoms with Crippen LogP contribution in [-0.4, -0.2) is 41.1 Å². The maximum absolute atomic E-state index is 11.1. The molecule has 5 nitrogen and oxygen atoms in total. The molecule has 0 aliphatic heterocycles. The van der Waals surface area contributed by atoms with Gasteiger partial charge in [-0.2, -0.15) is 0 Å². The van der Waals surface area contributed by atoms with E-state index in [0.29, 0.717) is 17.5 Å². The number of methoxy groups -OCH3 is 1. The summed E-state index contributed by atoms with van der Waals surface area (Å²) in [7, 11) is 1.14. The monoisotopic (exact) mass is 240 g/mol. The minimum Gasteiger partial charge on any atom is -0.467 e. The normalized spacial score (nSPS) is 14.1. The molecule has 5 heteroatoms. The van der Waals surface area contributed by atoms with Gasteiger partial charge in [0.1, 0.15) is 6.10 Å². The van der Waals surface area contributed by atoms with Gasteiger partial charge in [-0.3, -0.25) is 0 Å². The summed E-state index contributed by atoms with van der Waals surface area (Å²) < 4.78 is 4.36. The number of esters is 1. The Balaban J connectivity index is 2.94. The molecule has 0 heterocycles. The van der Waals surface area contributed by atoms with Crippen molar-refractivity contribution in [1.82, 2.24) is 0 Å². The first-order chi connectivity index (χ1) is 8.11. The Morgan fingerprint density at radius 3 is 2.59 bits per heavy atom. The Morgan fingerprint density at radius 2 is 2.00 bits per heavy atom. The third-order valence-corrected chi connectivity index (χ3v) is 2.50. The molecule has 1 rings (SSSR count). The molecule has 0 aromatic heterocycles. The number of aliphatic hydroxyl groups is 3. The second-order valence-electron chi connectivity index (χ2n) is 3.59. The van der Waals surface area contributed by atoms with Gasteiger partial charge < -0.3 is 20.1 Å². The van der Waals surface area contributed by atoms with Gasteiger partial charge in [0.25, 0.3) is 0 Å². The van der Waals surface area contributed by atoms with Crippen molar-refractivity contribution in [3.63, 3.8) is 0 Å². The van der Waals surface area contributed by atoms with Gasteiger partial charge in [0, 0.05) is 6.61 Å². The number of carbonyl (C=O) groups excluding carboxylic acids is 1. The van der Waals surface area contributed by atoms with E-state index in [1.54, 1.807) is 24.3 Å². The zero-order valence-electron chi connectivity index (χ0n) is 9.54. The summed E-state index contributed by atoms with van der Waals surface area (Å²) in [6.07, 6.45) is -2.63. The van der Waals surface area contributed by atoms with Gasteiger partial charge in [0.2, 0.25) is 0 Å². The van der Waals surface area contributed by atoms with Crippen LogP contribution < -0.4 is 0 Å². The smallest absolute Gasteiger partial charge is 0.337 e. The molecule has 0 fully saturated rings. The van der Waals surface area contributed by atoms with Crippen molar-refractivity contribution in [2.24, 2.45) is 0 Å². The summed E-state index contributed by atoms with van der Waals surface area (Å²) in [4.78, 5) is 11.1. The second kappa shape index (κ2) is 6.34. The van der Waals surface area contributed by atoms with Crippen molar-refractivity contribution in [3.05, 3.63) is 35.4 Å². The number of benzene rings is 1. The SMILES string of the molecule is COC(=O)C(O)C(O)c1ccccc1CCO. The van der Waals surface area contributed by atoms with E-state index in [0.717, 1.165) is 7.11 Å². The van der Waals surface area contributed by atoms with E-state index < -0.39 is 18.2 Å². The topological polar surface area (TPSA) is 87.0 Å². The lowest BCUT2D eigenvalue weighted by Gasteiger charge is -2.18.